The normalized spacial score (nSPS) is 18.1. The molecule has 1 aliphatic rings. The van der Waals surface area contributed by atoms with Gasteiger partial charge in [-0.1, -0.05) is 30.3 Å². The lowest BCUT2D eigenvalue weighted by atomic mass is 10.2. The minimum Gasteiger partial charge on any atom is -0.266 e. The number of aromatic nitrogens is 1. The van der Waals surface area contributed by atoms with Crippen LogP contribution in [0.3, 0.4) is 0 Å². The minimum absolute atomic E-state index is 0.212. The van der Waals surface area contributed by atoms with Gasteiger partial charge >= 0.3 is 10.2 Å². The van der Waals surface area contributed by atoms with Crippen molar-refractivity contribution in [2.45, 2.75) is 20.4 Å². The molecule has 1 aliphatic heterocycles. The Morgan fingerprint density at radius 3 is 2.54 bits per heavy atom. The molecule has 0 atom stereocenters. The number of rotatable bonds is 4. The summed E-state index contributed by atoms with van der Waals surface area (Å²) in [7, 11) is -4.28. The van der Waals surface area contributed by atoms with E-state index in [1.165, 1.54) is 11.3 Å². The van der Waals surface area contributed by atoms with Crippen molar-refractivity contribution in [2.24, 2.45) is 5.10 Å². The highest BCUT2D eigenvalue weighted by molar-refractivity contribution is 7.88. The van der Waals surface area contributed by atoms with E-state index in [0.29, 0.717) is 15.0 Å². The number of nitrogens with one attached hydrogen (secondary N) is 2. The first-order valence-electron chi connectivity index (χ1n) is 7.49. The van der Waals surface area contributed by atoms with E-state index in [1.54, 1.807) is 30.3 Å². The van der Waals surface area contributed by atoms with Crippen molar-refractivity contribution in [3.8, 4) is 0 Å². The summed E-state index contributed by atoms with van der Waals surface area (Å²) < 4.78 is 26.7. The van der Waals surface area contributed by atoms with E-state index in [1.807, 2.05) is 18.6 Å². The molecule has 11 heteroatoms. The second kappa shape index (κ2) is 6.84. The Bertz CT molecular complexity index is 979. The summed E-state index contributed by atoms with van der Waals surface area (Å²) in [4.78, 5) is 29.7. The molecule has 1 saturated heterocycles. The fraction of sp³-hybridized carbons (Fsp3) is 0.200. The predicted octanol–water partition coefficient (Wildman–Crippen LogP) is 0.931. The molecule has 3 rings (SSSR count). The number of nitrogens with zero attached hydrogens (tertiary/aromatic N) is 3. The van der Waals surface area contributed by atoms with Crippen LogP contribution in [0, 0.1) is 13.8 Å². The molecule has 1 aromatic carbocycles. The van der Waals surface area contributed by atoms with Crippen molar-refractivity contribution in [3.63, 3.8) is 0 Å². The first-order valence-corrected chi connectivity index (χ1v) is 9.74. The van der Waals surface area contributed by atoms with E-state index in [-0.39, 0.29) is 6.54 Å². The lowest BCUT2D eigenvalue weighted by molar-refractivity contribution is -0.123. The number of hydrogen-bond acceptors (Lipinski definition) is 8. The third-order valence-electron chi connectivity index (χ3n) is 3.62. The van der Waals surface area contributed by atoms with E-state index < -0.39 is 27.7 Å². The van der Waals surface area contributed by atoms with Crippen molar-refractivity contribution in [2.75, 3.05) is 5.43 Å². The maximum absolute atomic E-state index is 12.5. The van der Waals surface area contributed by atoms with Gasteiger partial charge < -0.3 is 0 Å². The zero-order valence-corrected chi connectivity index (χ0v) is 15.5. The Kier molecular flexibility index (Phi) is 4.74. The predicted molar refractivity (Wildman–Crippen MR) is 96.7 cm³/mol. The van der Waals surface area contributed by atoms with Crippen LogP contribution in [-0.4, -0.2) is 35.2 Å². The lowest BCUT2D eigenvalue weighted by Gasteiger charge is -2.26. The smallest absolute Gasteiger partial charge is 0.266 e. The highest BCUT2D eigenvalue weighted by atomic mass is 32.2. The number of hydrazone groups is 1. The second-order valence-corrected chi connectivity index (χ2v) is 8.26. The summed E-state index contributed by atoms with van der Waals surface area (Å²) in [5.41, 5.74) is 3.38. The average molecular weight is 393 g/mol. The highest BCUT2D eigenvalue weighted by Crippen LogP contribution is 2.21. The van der Waals surface area contributed by atoms with Crippen molar-refractivity contribution in [1.82, 2.24) is 14.0 Å². The van der Waals surface area contributed by atoms with Crippen LogP contribution in [0.4, 0.5) is 5.13 Å². The first-order chi connectivity index (χ1) is 12.3. The van der Waals surface area contributed by atoms with Gasteiger partial charge in [0.1, 0.15) is 0 Å². The molecule has 2 N–H and O–H groups in total. The number of thiazole rings is 1. The molecule has 2 amide bonds. The van der Waals surface area contributed by atoms with Crippen LogP contribution in [0.15, 0.2) is 35.4 Å². The molecule has 2 heterocycles. The molecule has 0 bridgehead atoms. The van der Waals surface area contributed by atoms with E-state index >= 15 is 0 Å². The van der Waals surface area contributed by atoms with Gasteiger partial charge in [-0.3, -0.25) is 15.0 Å². The fourth-order valence-corrected chi connectivity index (χ4v) is 4.00. The van der Waals surface area contributed by atoms with Crippen LogP contribution in [0.2, 0.25) is 0 Å². The zero-order chi connectivity index (χ0) is 18.9. The van der Waals surface area contributed by atoms with Crippen LogP contribution >= 0.6 is 11.3 Å². The number of anilines is 1. The monoisotopic (exact) mass is 393 g/mol. The molecule has 9 nitrogen and oxygen atoms in total. The van der Waals surface area contributed by atoms with Crippen molar-refractivity contribution in [1.29, 1.82) is 0 Å². The van der Waals surface area contributed by atoms with Crippen LogP contribution in [-0.2, 0) is 26.3 Å². The van der Waals surface area contributed by atoms with Gasteiger partial charge in [-0.25, -0.2) is 14.0 Å². The average Bonchev–Trinajstić information content (AvgIpc) is 2.90. The van der Waals surface area contributed by atoms with Gasteiger partial charge in [-0.2, -0.15) is 13.5 Å². The van der Waals surface area contributed by atoms with Gasteiger partial charge in [0, 0.05) is 4.88 Å². The molecule has 0 spiro atoms. The number of carbonyl (C=O) groups is 2. The van der Waals surface area contributed by atoms with Crippen LogP contribution < -0.4 is 10.1 Å². The highest BCUT2D eigenvalue weighted by Gasteiger charge is 2.41. The standard InChI is InChI=1S/C15H15N5O4S2/c1-9-10(2)25-15(16-9)18-17-12-13(21)19-26(23,24)20(14(12)22)8-11-6-4-3-5-7-11/h3-7H,8H2,1-2H3,(H,16,18)(H,19,21). The topological polar surface area (TPSA) is 121 Å². The fourth-order valence-electron chi connectivity index (χ4n) is 2.17. The van der Waals surface area contributed by atoms with Gasteiger partial charge in [0.25, 0.3) is 11.8 Å². The maximum Gasteiger partial charge on any atom is 0.329 e. The first kappa shape index (κ1) is 18.0. The minimum atomic E-state index is -4.28. The van der Waals surface area contributed by atoms with Crippen molar-refractivity contribution in [3.05, 3.63) is 46.5 Å². The molecule has 0 saturated carbocycles. The van der Waals surface area contributed by atoms with E-state index in [0.717, 1.165) is 10.6 Å². The number of aryl methyl sites for hydroxylation is 2. The molecule has 1 fully saturated rings. The Hall–Kier alpha value is -2.79. The Balaban J connectivity index is 1.87. The Labute approximate surface area is 153 Å². The summed E-state index contributed by atoms with van der Waals surface area (Å²) in [6.45, 7) is 3.48. The summed E-state index contributed by atoms with van der Waals surface area (Å²) >= 11 is 1.30. The zero-order valence-electron chi connectivity index (χ0n) is 13.9. The number of benzene rings is 1. The van der Waals surface area contributed by atoms with Gasteiger partial charge in [0.2, 0.25) is 10.8 Å². The van der Waals surface area contributed by atoms with Gasteiger partial charge in [0.05, 0.1) is 12.2 Å². The van der Waals surface area contributed by atoms with Gasteiger partial charge in [-0.05, 0) is 19.4 Å². The van der Waals surface area contributed by atoms with E-state index in [2.05, 4.69) is 15.5 Å². The lowest BCUT2D eigenvalue weighted by Crippen LogP contribution is -2.58. The van der Waals surface area contributed by atoms with Crippen LogP contribution in [0.5, 0.6) is 0 Å². The van der Waals surface area contributed by atoms with E-state index in [9.17, 15) is 18.0 Å². The summed E-state index contributed by atoms with van der Waals surface area (Å²) in [5.74, 6) is -2.09. The Morgan fingerprint density at radius 2 is 1.92 bits per heavy atom. The number of hydrogen-bond donors (Lipinski definition) is 2. The molecule has 0 aliphatic carbocycles. The van der Waals surface area contributed by atoms with Crippen molar-refractivity contribution < 1.29 is 18.0 Å². The summed E-state index contributed by atoms with van der Waals surface area (Å²) in [5, 5.41) is 4.17. The third kappa shape index (κ3) is 3.58. The SMILES string of the molecule is Cc1nc(NN=C2C(=O)NS(=O)(=O)N(Cc3ccccc3)C2=O)sc1C. The number of amides is 2. The van der Waals surface area contributed by atoms with Crippen LogP contribution in [0.25, 0.3) is 0 Å². The largest absolute Gasteiger partial charge is 0.329 e. The summed E-state index contributed by atoms with van der Waals surface area (Å²) in [6.07, 6.45) is 0. The molecule has 136 valence electrons. The molecular weight excluding hydrogens is 378 g/mol. The van der Waals surface area contributed by atoms with E-state index in [4.69, 9.17) is 0 Å². The molecule has 26 heavy (non-hydrogen) atoms. The summed E-state index contributed by atoms with van der Waals surface area (Å²) in [6, 6.07) is 8.56. The van der Waals surface area contributed by atoms with Gasteiger partial charge in [-0.15, -0.1) is 11.3 Å². The number of carbonyl (C=O) groups excluding carboxylic acids is 2. The maximum atomic E-state index is 12.5. The molecular formula is C15H15N5O4S2. The van der Waals surface area contributed by atoms with Crippen LogP contribution in [0.1, 0.15) is 16.1 Å². The Morgan fingerprint density at radius 1 is 1.23 bits per heavy atom. The molecule has 2 aromatic rings. The third-order valence-corrected chi connectivity index (χ3v) is 5.91. The second-order valence-electron chi connectivity index (χ2n) is 5.47. The molecule has 0 unspecified atom stereocenters. The quantitative estimate of drug-likeness (QED) is 0.746. The van der Waals surface area contributed by atoms with Gasteiger partial charge in [0.15, 0.2) is 0 Å². The van der Waals surface area contributed by atoms with Crippen molar-refractivity contribution >= 4 is 44.2 Å². The molecule has 1 aromatic heterocycles. The molecule has 0 radical (unpaired) electrons.